The molecule has 1 unspecified atom stereocenters. The Hall–Kier alpha value is -3.38. The number of aliphatic hydroxyl groups is 5. The molecule has 1 atom stereocenters. The lowest BCUT2D eigenvalue weighted by molar-refractivity contribution is -0.170. The Morgan fingerprint density at radius 1 is 0.571 bits per heavy atom. The summed E-state index contributed by atoms with van der Waals surface area (Å²) in [6.45, 7) is -0.0103. The van der Waals surface area contributed by atoms with Crippen LogP contribution in [0.2, 0.25) is 0 Å². The summed E-state index contributed by atoms with van der Waals surface area (Å²) >= 11 is 0. The average Bonchev–Trinajstić information content (AvgIpc) is 2.66. The lowest BCUT2D eigenvalue weighted by Crippen LogP contribution is -2.42. The van der Waals surface area contributed by atoms with Gasteiger partial charge in [0.2, 0.25) is 0 Å². The molecule has 17 heteroatoms. The molecule has 0 aliphatic rings. The molecule has 0 radical (unpaired) electrons. The highest BCUT2D eigenvalue weighted by atomic mass is 16.4. The van der Waals surface area contributed by atoms with Crippen LogP contribution in [0, 0.1) is 0 Å². The highest BCUT2D eigenvalue weighted by Crippen LogP contribution is 2.16. The van der Waals surface area contributed by atoms with Crippen LogP contribution in [0.15, 0.2) is 0 Å². The zero-order valence-electron chi connectivity index (χ0n) is 18.3. The second kappa shape index (κ2) is 18.0. The first-order valence-electron chi connectivity index (χ1n) is 9.55. The lowest BCUT2D eigenvalue weighted by atomic mass is 9.96. The molecule has 17 nitrogen and oxygen atoms in total. The molecular weight excluding hydrogens is 488 g/mol. The van der Waals surface area contributed by atoms with Crippen molar-refractivity contribution in [2.75, 3.05) is 13.2 Å². The summed E-state index contributed by atoms with van der Waals surface area (Å²) in [6, 6.07) is 0. The summed E-state index contributed by atoms with van der Waals surface area (Å²) in [4.78, 5) is 61.0. The highest BCUT2D eigenvalue weighted by molar-refractivity contribution is 5.88. The number of carboxylic acid groups (broad SMARTS) is 6. The number of hydrogen-bond donors (Lipinski definition) is 11. The van der Waals surface area contributed by atoms with Crippen LogP contribution in [0.5, 0.6) is 0 Å². The topological polar surface area (TPSA) is 325 Å². The number of hydrogen-bond acceptors (Lipinski definition) is 11. The Kier molecular flexibility index (Phi) is 18.6. The van der Waals surface area contributed by atoms with E-state index in [0.717, 1.165) is 6.42 Å². The maximum atomic E-state index is 10.3. The normalized spacial score (nSPS) is 11.6. The van der Waals surface area contributed by atoms with E-state index in [2.05, 4.69) is 0 Å². The van der Waals surface area contributed by atoms with Crippen LogP contribution < -0.4 is 0 Å². The molecule has 0 spiro atoms. The predicted molar refractivity (Wildman–Crippen MR) is 108 cm³/mol. The number of rotatable bonds is 15. The van der Waals surface area contributed by atoms with Gasteiger partial charge in [0, 0.05) is 6.61 Å². The van der Waals surface area contributed by atoms with Gasteiger partial charge in [0.15, 0.2) is 11.2 Å². The van der Waals surface area contributed by atoms with E-state index in [1.54, 1.807) is 0 Å². The third-order valence-electron chi connectivity index (χ3n) is 3.73. The number of carbonyl (C=O) groups is 6. The van der Waals surface area contributed by atoms with Crippen LogP contribution in [0.1, 0.15) is 44.9 Å². The van der Waals surface area contributed by atoms with E-state index in [1.165, 1.54) is 0 Å². The molecule has 0 aliphatic heterocycles. The van der Waals surface area contributed by atoms with Crippen molar-refractivity contribution in [2.24, 2.45) is 0 Å². The van der Waals surface area contributed by atoms with E-state index >= 15 is 0 Å². The van der Waals surface area contributed by atoms with Gasteiger partial charge < -0.3 is 56.2 Å². The van der Waals surface area contributed by atoms with Gasteiger partial charge in [-0.25, -0.2) is 9.59 Å². The van der Waals surface area contributed by atoms with Gasteiger partial charge in [0.1, 0.15) is 0 Å². The summed E-state index contributed by atoms with van der Waals surface area (Å²) < 4.78 is 0. The Morgan fingerprint density at radius 2 is 0.857 bits per heavy atom. The molecule has 0 amide bonds. The van der Waals surface area contributed by atoms with Gasteiger partial charge in [-0.1, -0.05) is 0 Å². The first kappa shape index (κ1) is 36.2. The molecule has 0 rings (SSSR count). The standard InChI is InChI=1S/2C6H8O7.C6H14O3/c2*7-3(8)1-6(13,5(11)12)2-4(9)10;7-4-2-1-3-6(9)5-8/h2*13H,1-2H2,(H,7,8)(H,9,10)(H,11,12);6-9H,1-5H2. The molecule has 0 saturated carbocycles. The summed E-state index contributed by atoms with van der Waals surface area (Å²) in [5.74, 6) is -10.0. The van der Waals surface area contributed by atoms with Crippen molar-refractivity contribution in [3.8, 4) is 0 Å². The van der Waals surface area contributed by atoms with Gasteiger partial charge in [0.25, 0.3) is 0 Å². The molecule has 0 saturated heterocycles. The van der Waals surface area contributed by atoms with Crippen molar-refractivity contribution < 1.29 is 84.9 Å². The van der Waals surface area contributed by atoms with Crippen LogP contribution >= 0.6 is 0 Å². The Morgan fingerprint density at radius 3 is 1.03 bits per heavy atom. The predicted octanol–water partition coefficient (Wildman–Crippen LogP) is -2.99. The second-order valence-electron chi connectivity index (χ2n) is 7.01. The maximum Gasteiger partial charge on any atom is 0.336 e. The van der Waals surface area contributed by atoms with E-state index < -0.39 is 78.8 Å². The third-order valence-corrected chi connectivity index (χ3v) is 3.73. The van der Waals surface area contributed by atoms with Crippen molar-refractivity contribution >= 4 is 35.8 Å². The fourth-order valence-electron chi connectivity index (χ4n) is 2.01. The zero-order chi connectivity index (χ0) is 28.4. The molecule has 204 valence electrons. The van der Waals surface area contributed by atoms with E-state index in [9.17, 15) is 28.8 Å². The van der Waals surface area contributed by atoms with Gasteiger partial charge in [-0.2, -0.15) is 0 Å². The van der Waals surface area contributed by atoms with Crippen molar-refractivity contribution in [3.05, 3.63) is 0 Å². The van der Waals surface area contributed by atoms with E-state index in [4.69, 9.17) is 56.2 Å². The van der Waals surface area contributed by atoms with E-state index in [0.29, 0.717) is 12.8 Å². The lowest BCUT2D eigenvalue weighted by Gasteiger charge is -2.18. The number of carboxylic acids is 6. The first-order chi connectivity index (χ1) is 15.9. The van der Waals surface area contributed by atoms with Crippen LogP contribution in [-0.2, 0) is 28.8 Å². The molecular formula is C18H30O17. The third kappa shape index (κ3) is 19.8. The highest BCUT2D eigenvalue weighted by Gasteiger charge is 2.41. The van der Waals surface area contributed by atoms with Crippen LogP contribution in [0.4, 0.5) is 0 Å². The van der Waals surface area contributed by atoms with Crippen molar-refractivity contribution in [2.45, 2.75) is 62.3 Å². The Bertz CT molecular complexity index is 632. The quantitative estimate of drug-likeness (QED) is 0.0962. The minimum atomic E-state index is -2.74. The largest absolute Gasteiger partial charge is 0.481 e. The average molecular weight is 518 g/mol. The molecule has 0 aromatic heterocycles. The van der Waals surface area contributed by atoms with Crippen molar-refractivity contribution in [1.82, 2.24) is 0 Å². The minimum absolute atomic E-state index is 0.165. The number of aliphatic carboxylic acids is 6. The van der Waals surface area contributed by atoms with Gasteiger partial charge in [-0.3, -0.25) is 19.2 Å². The Balaban J connectivity index is -0.000000448. The fourth-order valence-corrected chi connectivity index (χ4v) is 2.01. The summed E-state index contributed by atoms with van der Waals surface area (Å²) in [6.07, 6.45) is -3.12. The van der Waals surface area contributed by atoms with Crippen molar-refractivity contribution in [3.63, 3.8) is 0 Å². The molecule has 0 heterocycles. The smallest absolute Gasteiger partial charge is 0.336 e. The van der Waals surface area contributed by atoms with Crippen LogP contribution in [0.25, 0.3) is 0 Å². The zero-order valence-corrected chi connectivity index (χ0v) is 18.3. The van der Waals surface area contributed by atoms with Gasteiger partial charge in [0.05, 0.1) is 38.4 Å². The van der Waals surface area contributed by atoms with Crippen LogP contribution in [-0.4, -0.2) is 123 Å². The fraction of sp³-hybridized carbons (Fsp3) is 0.667. The monoisotopic (exact) mass is 518 g/mol. The van der Waals surface area contributed by atoms with Crippen molar-refractivity contribution in [1.29, 1.82) is 0 Å². The minimum Gasteiger partial charge on any atom is -0.481 e. The van der Waals surface area contributed by atoms with Gasteiger partial charge >= 0.3 is 35.8 Å². The summed E-state index contributed by atoms with van der Waals surface area (Å²) in [5, 5.41) is 93.0. The van der Waals surface area contributed by atoms with Gasteiger partial charge in [-0.15, -0.1) is 0 Å². The molecule has 0 aromatic rings. The summed E-state index contributed by atoms with van der Waals surface area (Å²) in [5.41, 5.74) is -5.48. The van der Waals surface area contributed by atoms with E-state index in [-0.39, 0.29) is 13.2 Å². The molecule has 35 heavy (non-hydrogen) atoms. The molecule has 0 aliphatic carbocycles. The molecule has 0 bridgehead atoms. The van der Waals surface area contributed by atoms with E-state index in [1.807, 2.05) is 0 Å². The van der Waals surface area contributed by atoms with Gasteiger partial charge in [-0.05, 0) is 19.3 Å². The Labute approximate surface area is 197 Å². The second-order valence-corrected chi connectivity index (χ2v) is 7.01. The SMILES string of the molecule is O=C(O)CC(O)(CC(=O)O)C(=O)O.O=C(O)CC(O)(CC(=O)O)C(=O)O.OCCCCC(O)CO. The van der Waals surface area contributed by atoms with Crippen LogP contribution in [0.3, 0.4) is 0 Å². The molecule has 0 aromatic carbocycles. The molecule has 0 fully saturated rings. The summed E-state index contributed by atoms with van der Waals surface area (Å²) in [7, 11) is 0. The number of unbranched alkanes of at least 4 members (excludes halogenated alkanes) is 1. The molecule has 11 N–H and O–H groups in total. The maximum absolute atomic E-state index is 10.3. The first-order valence-corrected chi connectivity index (χ1v) is 9.55. The number of aliphatic hydroxyl groups excluding tert-OH is 3.